The van der Waals surface area contributed by atoms with Crippen molar-refractivity contribution in [2.24, 2.45) is 0 Å². The molecule has 0 spiro atoms. The summed E-state index contributed by atoms with van der Waals surface area (Å²) in [7, 11) is 0. The molecule has 1 aliphatic heterocycles. The summed E-state index contributed by atoms with van der Waals surface area (Å²) in [6.07, 6.45) is 7.67. The van der Waals surface area contributed by atoms with Crippen LogP contribution in [0.25, 0.3) is 16.8 Å². The molecule has 1 amide bonds. The minimum Gasteiger partial charge on any atom is -0.330 e. The van der Waals surface area contributed by atoms with Gasteiger partial charge in [-0.1, -0.05) is 23.7 Å². The summed E-state index contributed by atoms with van der Waals surface area (Å²) in [5.41, 5.74) is 5.51. The third-order valence-corrected chi connectivity index (χ3v) is 5.47. The van der Waals surface area contributed by atoms with Crippen LogP contribution in [-0.2, 0) is 6.42 Å². The summed E-state index contributed by atoms with van der Waals surface area (Å²) < 4.78 is 1.54. The number of carbonyl (C=O) groups excluding carboxylic acids is 1. The molecular formula is C20H17ClN6O. The number of aromatic amines is 1. The van der Waals surface area contributed by atoms with Gasteiger partial charge in [0.15, 0.2) is 11.3 Å². The maximum absolute atomic E-state index is 13.2. The molecule has 0 radical (unpaired) electrons. The Bertz CT molecular complexity index is 1180. The number of carbonyl (C=O) groups is 1. The average Bonchev–Trinajstić information content (AvgIpc) is 3.37. The van der Waals surface area contributed by atoms with Gasteiger partial charge < -0.3 is 4.90 Å². The van der Waals surface area contributed by atoms with Gasteiger partial charge in [0, 0.05) is 30.6 Å². The van der Waals surface area contributed by atoms with Gasteiger partial charge in [0.25, 0.3) is 5.91 Å². The standard InChI is InChI=1S/C20H17ClN6O/c1-12-17-6-14(15-8-23-24-9-15)3-2-13(17)4-5-26(12)20(28)18-7-19-22-10-16(21)11-27(19)25-18/h2-3,6-12H,4-5H2,1H3,(H,23,24). The van der Waals surface area contributed by atoms with Crippen molar-refractivity contribution in [2.75, 3.05) is 6.54 Å². The summed E-state index contributed by atoms with van der Waals surface area (Å²) in [6.45, 7) is 2.71. The Morgan fingerprint density at radius 1 is 1.25 bits per heavy atom. The molecule has 3 aromatic heterocycles. The van der Waals surface area contributed by atoms with Crippen LogP contribution in [0.15, 0.2) is 49.1 Å². The van der Waals surface area contributed by atoms with Crippen LogP contribution in [0.3, 0.4) is 0 Å². The zero-order valence-corrected chi connectivity index (χ0v) is 15.9. The first kappa shape index (κ1) is 16.9. The number of nitrogens with one attached hydrogen (secondary N) is 1. The molecule has 1 aliphatic rings. The van der Waals surface area contributed by atoms with Crippen molar-refractivity contribution in [1.29, 1.82) is 0 Å². The average molecular weight is 393 g/mol. The number of amides is 1. The van der Waals surface area contributed by atoms with Gasteiger partial charge in [-0.3, -0.25) is 9.89 Å². The number of rotatable bonds is 2. The highest BCUT2D eigenvalue weighted by atomic mass is 35.5. The van der Waals surface area contributed by atoms with Crippen molar-refractivity contribution in [2.45, 2.75) is 19.4 Å². The smallest absolute Gasteiger partial charge is 0.274 e. The lowest BCUT2D eigenvalue weighted by atomic mass is 9.90. The van der Waals surface area contributed by atoms with Crippen LogP contribution in [0, 0.1) is 0 Å². The molecule has 0 bridgehead atoms. The number of nitrogens with zero attached hydrogens (tertiary/aromatic N) is 5. The SMILES string of the molecule is CC1c2cc(-c3cn[nH]c3)ccc2CCN1C(=O)c1cc2ncc(Cl)cn2n1. The van der Waals surface area contributed by atoms with E-state index in [1.54, 1.807) is 24.7 Å². The summed E-state index contributed by atoms with van der Waals surface area (Å²) in [6, 6.07) is 8.04. The van der Waals surface area contributed by atoms with E-state index in [0.717, 1.165) is 23.1 Å². The second-order valence-corrected chi connectivity index (χ2v) is 7.37. The third-order valence-electron chi connectivity index (χ3n) is 5.28. The second kappa shape index (κ2) is 6.45. The van der Waals surface area contributed by atoms with E-state index in [4.69, 9.17) is 11.6 Å². The van der Waals surface area contributed by atoms with E-state index in [1.165, 1.54) is 10.1 Å². The Hall–Kier alpha value is -3.19. The molecule has 5 rings (SSSR count). The topological polar surface area (TPSA) is 79.2 Å². The molecule has 7 nitrogen and oxygen atoms in total. The Morgan fingerprint density at radius 3 is 2.96 bits per heavy atom. The van der Waals surface area contributed by atoms with Crippen LogP contribution in [0.2, 0.25) is 5.02 Å². The number of aromatic nitrogens is 5. The van der Waals surface area contributed by atoms with E-state index in [0.29, 0.717) is 22.9 Å². The zero-order chi connectivity index (χ0) is 19.3. The van der Waals surface area contributed by atoms with Gasteiger partial charge in [-0.2, -0.15) is 10.2 Å². The zero-order valence-electron chi connectivity index (χ0n) is 15.1. The Morgan fingerprint density at radius 2 is 2.14 bits per heavy atom. The van der Waals surface area contributed by atoms with Crippen LogP contribution in [0.5, 0.6) is 0 Å². The molecule has 0 saturated heterocycles. The maximum atomic E-state index is 13.2. The lowest BCUT2D eigenvalue weighted by molar-refractivity contribution is 0.0671. The van der Waals surface area contributed by atoms with Crippen molar-refractivity contribution in [3.8, 4) is 11.1 Å². The minimum atomic E-state index is -0.103. The molecule has 0 saturated carbocycles. The normalized spacial score (nSPS) is 16.4. The Kier molecular flexibility index (Phi) is 3.91. The Balaban J connectivity index is 1.48. The fourth-order valence-corrected chi connectivity index (χ4v) is 3.93. The van der Waals surface area contributed by atoms with E-state index in [1.807, 2.05) is 11.1 Å². The van der Waals surface area contributed by atoms with E-state index < -0.39 is 0 Å². The molecule has 1 N–H and O–H groups in total. The summed E-state index contributed by atoms with van der Waals surface area (Å²) in [4.78, 5) is 19.2. The van der Waals surface area contributed by atoms with Crippen LogP contribution < -0.4 is 0 Å². The van der Waals surface area contributed by atoms with Crippen molar-refractivity contribution in [3.63, 3.8) is 0 Å². The molecule has 8 heteroatoms. The van der Waals surface area contributed by atoms with Gasteiger partial charge in [0.05, 0.1) is 23.5 Å². The highest BCUT2D eigenvalue weighted by Gasteiger charge is 2.30. The van der Waals surface area contributed by atoms with Crippen LogP contribution in [0.4, 0.5) is 0 Å². The van der Waals surface area contributed by atoms with Crippen molar-refractivity contribution < 1.29 is 4.79 Å². The monoisotopic (exact) mass is 392 g/mol. The summed E-state index contributed by atoms with van der Waals surface area (Å²) in [5.74, 6) is -0.103. The first-order valence-electron chi connectivity index (χ1n) is 9.04. The van der Waals surface area contributed by atoms with E-state index in [9.17, 15) is 4.79 Å². The van der Waals surface area contributed by atoms with Crippen molar-refractivity contribution in [3.05, 3.63) is 70.9 Å². The predicted octanol–water partition coefficient (Wildman–Crippen LogP) is 3.53. The lowest BCUT2D eigenvalue weighted by Crippen LogP contribution is -2.39. The highest BCUT2D eigenvalue weighted by molar-refractivity contribution is 6.30. The van der Waals surface area contributed by atoms with Gasteiger partial charge in [0.1, 0.15) is 0 Å². The van der Waals surface area contributed by atoms with E-state index >= 15 is 0 Å². The molecule has 0 aliphatic carbocycles. The molecule has 4 aromatic rings. The number of benzene rings is 1. The first-order chi connectivity index (χ1) is 13.6. The fourth-order valence-electron chi connectivity index (χ4n) is 3.79. The van der Waals surface area contributed by atoms with Gasteiger partial charge in [-0.25, -0.2) is 9.50 Å². The molecule has 1 atom stereocenters. The molecule has 1 unspecified atom stereocenters. The van der Waals surface area contributed by atoms with Crippen LogP contribution >= 0.6 is 11.6 Å². The van der Waals surface area contributed by atoms with Gasteiger partial charge in [-0.05, 0) is 36.1 Å². The quantitative estimate of drug-likeness (QED) is 0.566. The third kappa shape index (κ3) is 2.75. The van der Waals surface area contributed by atoms with Gasteiger partial charge in [0.2, 0.25) is 0 Å². The number of hydrogen-bond donors (Lipinski definition) is 1. The van der Waals surface area contributed by atoms with E-state index in [-0.39, 0.29) is 11.9 Å². The summed E-state index contributed by atoms with van der Waals surface area (Å²) in [5, 5.41) is 11.7. The molecule has 4 heterocycles. The van der Waals surface area contributed by atoms with Crippen LogP contribution in [0.1, 0.15) is 34.6 Å². The number of halogens is 1. The lowest BCUT2D eigenvalue weighted by Gasteiger charge is -2.35. The van der Waals surface area contributed by atoms with Crippen molar-refractivity contribution >= 4 is 23.2 Å². The minimum absolute atomic E-state index is 0.0514. The molecule has 1 aromatic carbocycles. The summed E-state index contributed by atoms with van der Waals surface area (Å²) >= 11 is 5.97. The highest BCUT2D eigenvalue weighted by Crippen LogP contribution is 2.33. The molecule has 28 heavy (non-hydrogen) atoms. The Labute approximate surface area is 166 Å². The van der Waals surface area contributed by atoms with Crippen molar-refractivity contribution in [1.82, 2.24) is 29.7 Å². The molecular weight excluding hydrogens is 376 g/mol. The molecule has 140 valence electrons. The number of fused-ring (bicyclic) bond motifs is 2. The first-order valence-corrected chi connectivity index (χ1v) is 9.42. The fraction of sp³-hybridized carbons (Fsp3) is 0.200. The largest absolute Gasteiger partial charge is 0.330 e. The maximum Gasteiger partial charge on any atom is 0.274 e. The van der Waals surface area contributed by atoms with E-state index in [2.05, 4.69) is 45.4 Å². The van der Waals surface area contributed by atoms with Gasteiger partial charge in [-0.15, -0.1) is 0 Å². The van der Waals surface area contributed by atoms with Crippen LogP contribution in [-0.4, -0.2) is 42.1 Å². The number of H-pyrrole nitrogens is 1. The molecule has 0 fully saturated rings. The second-order valence-electron chi connectivity index (χ2n) is 6.93. The van der Waals surface area contributed by atoms with Gasteiger partial charge >= 0.3 is 0 Å². The predicted molar refractivity (Wildman–Crippen MR) is 105 cm³/mol. The number of hydrogen-bond acceptors (Lipinski definition) is 4.